The average Bonchev–Trinajstić information content (AvgIpc) is 3.31. The molecule has 0 radical (unpaired) electrons. The Morgan fingerprint density at radius 2 is 1.93 bits per heavy atom. The van der Waals surface area contributed by atoms with Gasteiger partial charge in [0.15, 0.2) is 0 Å². The van der Waals surface area contributed by atoms with Crippen molar-refractivity contribution >= 4 is 16.0 Å². The SMILES string of the molecule is COc1ccc(CCS(=O)(=O)NC2=C(CC=CCCCC(=O)O)C3C=CC2C3)cc1. The molecule has 2 N–H and O–H groups in total. The van der Waals surface area contributed by atoms with Crippen LogP contribution in [0, 0.1) is 11.8 Å². The number of hydrogen-bond acceptors (Lipinski definition) is 4. The van der Waals surface area contributed by atoms with Gasteiger partial charge in [0.2, 0.25) is 10.0 Å². The molecule has 1 aromatic rings. The number of nitrogens with one attached hydrogen (secondary N) is 1. The monoisotopic (exact) mass is 431 g/mol. The summed E-state index contributed by atoms with van der Waals surface area (Å²) in [6.45, 7) is 0. The quantitative estimate of drug-likeness (QED) is 0.388. The Kier molecular flexibility index (Phi) is 7.37. The van der Waals surface area contributed by atoms with E-state index < -0.39 is 16.0 Å². The number of unbranched alkanes of at least 4 members (excludes halogenated alkanes) is 1. The summed E-state index contributed by atoms with van der Waals surface area (Å²) in [6, 6.07) is 7.43. The van der Waals surface area contributed by atoms with Gasteiger partial charge in [0.05, 0.1) is 12.9 Å². The summed E-state index contributed by atoms with van der Waals surface area (Å²) in [5.74, 6) is 0.427. The van der Waals surface area contributed by atoms with E-state index in [1.165, 1.54) is 0 Å². The highest BCUT2D eigenvalue weighted by atomic mass is 32.2. The molecule has 0 aromatic heterocycles. The average molecular weight is 432 g/mol. The molecule has 2 aliphatic carbocycles. The maximum absolute atomic E-state index is 12.7. The van der Waals surface area contributed by atoms with Gasteiger partial charge in [0.25, 0.3) is 0 Å². The predicted molar refractivity (Wildman–Crippen MR) is 117 cm³/mol. The van der Waals surface area contributed by atoms with Crippen molar-refractivity contribution < 1.29 is 23.1 Å². The molecule has 2 bridgehead atoms. The van der Waals surface area contributed by atoms with Crippen molar-refractivity contribution in [1.29, 1.82) is 0 Å². The second kappa shape index (κ2) is 9.98. The van der Waals surface area contributed by atoms with Gasteiger partial charge in [0, 0.05) is 24.0 Å². The van der Waals surface area contributed by atoms with Crippen LogP contribution in [-0.2, 0) is 21.2 Å². The number of rotatable bonds is 12. The molecule has 0 saturated heterocycles. The Morgan fingerprint density at radius 1 is 1.20 bits per heavy atom. The fraction of sp³-hybridized carbons (Fsp3) is 0.435. The molecule has 30 heavy (non-hydrogen) atoms. The highest BCUT2D eigenvalue weighted by Gasteiger charge is 2.36. The molecule has 3 rings (SSSR count). The molecule has 2 unspecified atom stereocenters. The molecule has 1 aromatic carbocycles. The molecule has 2 aliphatic rings. The second-order valence-corrected chi connectivity index (χ2v) is 9.59. The Labute approximate surface area is 178 Å². The summed E-state index contributed by atoms with van der Waals surface area (Å²) in [5.41, 5.74) is 2.91. The second-order valence-electron chi connectivity index (χ2n) is 7.75. The zero-order valence-electron chi connectivity index (χ0n) is 17.2. The van der Waals surface area contributed by atoms with Gasteiger partial charge in [-0.1, -0.05) is 36.4 Å². The van der Waals surface area contributed by atoms with Crippen LogP contribution >= 0.6 is 0 Å². The third kappa shape index (κ3) is 5.98. The molecule has 0 spiro atoms. The molecule has 162 valence electrons. The fourth-order valence-corrected chi connectivity index (χ4v) is 5.20. The number of ether oxygens (including phenoxy) is 1. The Bertz CT molecular complexity index is 944. The van der Waals surface area contributed by atoms with Crippen LogP contribution in [0.1, 0.15) is 37.7 Å². The molecule has 0 aliphatic heterocycles. The van der Waals surface area contributed by atoms with Gasteiger partial charge in [-0.25, -0.2) is 8.42 Å². The Morgan fingerprint density at radius 3 is 2.63 bits per heavy atom. The molecular formula is C23H29NO5S. The first-order valence-electron chi connectivity index (χ1n) is 10.3. The van der Waals surface area contributed by atoms with Crippen molar-refractivity contribution in [2.24, 2.45) is 11.8 Å². The van der Waals surface area contributed by atoms with Crippen molar-refractivity contribution in [3.63, 3.8) is 0 Å². The van der Waals surface area contributed by atoms with Crippen LogP contribution in [0.4, 0.5) is 0 Å². The van der Waals surface area contributed by atoms with Gasteiger partial charge >= 0.3 is 5.97 Å². The Hall–Kier alpha value is -2.54. The first kappa shape index (κ1) is 22.2. The van der Waals surface area contributed by atoms with Crippen LogP contribution in [0.2, 0.25) is 0 Å². The third-order valence-corrected chi connectivity index (χ3v) is 6.87. The first-order chi connectivity index (χ1) is 14.4. The maximum Gasteiger partial charge on any atom is 0.303 e. The van der Waals surface area contributed by atoms with Crippen molar-refractivity contribution in [1.82, 2.24) is 4.72 Å². The molecule has 2 atom stereocenters. The van der Waals surface area contributed by atoms with E-state index in [4.69, 9.17) is 9.84 Å². The van der Waals surface area contributed by atoms with Crippen molar-refractivity contribution in [3.8, 4) is 5.75 Å². The number of carboxylic acids is 1. The first-order valence-corrected chi connectivity index (χ1v) is 11.9. The largest absolute Gasteiger partial charge is 0.497 e. The van der Waals surface area contributed by atoms with Crippen LogP contribution < -0.4 is 9.46 Å². The lowest BCUT2D eigenvalue weighted by Crippen LogP contribution is -2.29. The minimum Gasteiger partial charge on any atom is -0.497 e. The normalized spacial score (nSPS) is 20.3. The van der Waals surface area contributed by atoms with E-state index in [9.17, 15) is 13.2 Å². The standard InChI is InChI=1S/C23H29NO5S/c1-29-20-12-8-17(9-13-20)14-15-30(27,28)24-23-19-11-10-18(16-19)21(23)6-4-2-3-5-7-22(25)26/h2,4,8-13,18-19,24H,3,5-7,14-16H2,1H3,(H,25,26). The molecule has 6 nitrogen and oxygen atoms in total. The van der Waals surface area contributed by atoms with E-state index in [1.807, 2.05) is 36.4 Å². The zero-order valence-corrected chi connectivity index (χ0v) is 18.0. The number of methoxy groups -OCH3 is 1. The van der Waals surface area contributed by atoms with Crippen LogP contribution in [0.25, 0.3) is 0 Å². The van der Waals surface area contributed by atoms with Crippen LogP contribution in [0.15, 0.2) is 59.8 Å². The zero-order chi connectivity index (χ0) is 21.6. The number of allylic oxidation sites excluding steroid dienone is 5. The predicted octanol–water partition coefficient (Wildman–Crippen LogP) is 3.82. The van der Waals surface area contributed by atoms with E-state index in [1.54, 1.807) is 7.11 Å². The molecule has 0 amide bonds. The third-order valence-electron chi connectivity index (χ3n) is 5.60. The summed E-state index contributed by atoms with van der Waals surface area (Å²) in [4.78, 5) is 10.6. The van der Waals surface area contributed by atoms with Crippen LogP contribution in [-0.4, -0.2) is 32.4 Å². The number of fused-ring (bicyclic) bond motifs is 2. The molecule has 0 saturated carbocycles. The Balaban J connectivity index is 1.58. The van der Waals surface area contributed by atoms with E-state index in [-0.39, 0.29) is 24.0 Å². The lowest BCUT2D eigenvalue weighted by molar-refractivity contribution is -0.137. The number of hydrogen-bond donors (Lipinski definition) is 2. The minimum absolute atomic E-state index is 0.0300. The number of benzene rings is 1. The van der Waals surface area contributed by atoms with Crippen molar-refractivity contribution in [3.05, 3.63) is 65.4 Å². The molecule has 0 heterocycles. The van der Waals surface area contributed by atoms with Crippen LogP contribution in [0.5, 0.6) is 5.75 Å². The van der Waals surface area contributed by atoms with Gasteiger partial charge < -0.3 is 9.84 Å². The van der Waals surface area contributed by atoms with E-state index in [0.717, 1.165) is 29.0 Å². The number of aryl methyl sites for hydroxylation is 1. The molecule has 7 heteroatoms. The van der Waals surface area contributed by atoms with E-state index in [2.05, 4.69) is 16.9 Å². The van der Waals surface area contributed by atoms with Gasteiger partial charge in [-0.3, -0.25) is 9.52 Å². The fourth-order valence-electron chi connectivity index (χ4n) is 3.97. The number of carboxylic acid groups (broad SMARTS) is 1. The highest BCUT2D eigenvalue weighted by molar-refractivity contribution is 7.89. The summed E-state index contributed by atoms with van der Waals surface area (Å²) in [7, 11) is -1.84. The van der Waals surface area contributed by atoms with E-state index in [0.29, 0.717) is 25.7 Å². The smallest absolute Gasteiger partial charge is 0.303 e. The summed E-state index contributed by atoms with van der Waals surface area (Å²) in [5, 5.41) is 8.69. The highest BCUT2D eigenvalue weighted by Crippen LogP contribution is 2.44. The number of aliphatic carboxylic acids is 1. The van der Waals surface area contributed by atoms with Gasteiger partial charge in [-0.15, -0.1) is 0 Å². The topological polar surface area (TPSA) is 92.7 Å². The lowest BCUT2D eigenvalue weighted by atomic mass is 9.98. The lowest BCUT2D eigenvalue weighted by Gasteiger charge is -2.18. The van der Waals surface area contributed by atoms with Crippen molar-refractivity contribution in [2.45, 2.75) is 38.5 Å². The summed E-state index contributed by atoms with van der Waals surface area (Å²) >= 11 is 0. The maximum atomic E-state index is 12.7. The van der Waals surface area contributed by atoms with Crippen molar-refractivity contribution in [2.75, 3.05) is 12.9 Å². The van der Waals surface area contributed by atoms with Gasteiger partial charge in [-0.2, -0.15) is 0 Å². The minimum atomic E-state index is -3.45. The molecular weight excluding hydrogens is 402 g/mol. The van der Waals surface area contributed by atoms with Gasteiger partial charge in [0.1, 0.15) is 5.75 Å². The number of carbonyl (C=O) groups is 1. The summed E-state index contributed by atoms with van der Waals surface area (Å²) < 4.78 is 33.4. The summed E-state index contributed by atoms with van der Waals surface area (Å²) in [6.07, 6.45) is 11.8. The molecule has 0 fully saturated rings. The van der Waals surface area contributed by atoms with Crippen LogP contribution in [0.3, 0.4) is 0 Å². The van der Waals surface area contributed by atoms with Gasteiger partial charge in [-0.05, 0) is 55.4 Å². The number of sulfonamides is 1. The van der Waals surface area contributed by atoms with E-state index >= 15 is 0 Å².